The van der Waals surface area contributed by atoms with Gasteiger partial charge in [-0.2, -0.15) is 0 Å². The van der Waals surface area contributed by atoms with Crippen LogP contribution in [0.3, 0.4) is 0 Å². The molecule has 2 aromatic heterocycles. The highest BCUT2D eigenvalue weighted by atomic mass is 127. The largest absolute Gasteiger partial charge is 0.361 e. The molecule has 57 heavy (non-hydrogen) atoms. The Bertz CT molecular complexity index is 3050. The van der Waals surface area contributed by atoms with Crippen LogP contribution in [0, 0.1) is 23.8 Å². The van der Waals surface area contributed by atoms with Crippen LogP contribution in [0.1, 0.15) is 0 Å². The number of nitrogens with one attached hydrogen (secondary N) is 1. The standard InChI is InChI=1S/C24H16N2O2.C18H12N2O2.C6H5I/c27-26(28)23-13-10-17-6-4-5-9-21(17)24(23)19-11-12-22-18(16-19)14-15-25(22)20-7-2-1-3-8-20;21-20(22)17-8-6-12-3-1-2-4-15(12)18(17)14-5-7-16-13(11-14)9-10-19-16;7-6-4-2-1-3-5-6/h1-16H;1-11,19H;1-5H. The van der Waals surface area contributed by atoms with Crippen LogP contribution in [0.25, 0.3) is 71.3 Å². The van der Waals surface area contributed by atoms with Gasteiger partial charge in [0.25, 0.3) is 11.4 Å². The van der Waals surface area contributed by atoms with E-state index in [9.17, 15) is 20.2 Å². The molecular formula is C48H33IN4O4. The third kappa shape index (κ3) is 7.73. The molecule has 10 rings (SSSR count). The zero-order valence-electron chi connectivity index (χ0n) is 30.3. The topological polar surface area (TPSA) is 107 Å². The number of rotatable bonds is 5. The summed E-state index contributed by atoms with van der Waals surface area (Å²) in [6.07, 6.45) is 3.90. The van der Waals surface area contributed by atoms with Crippen molar-refractivity contribution in [1.82, 2.24) is 9.55 Å². The lowest BCUT2D eigenvalue weighted by molar-refractivity contribution is -0.384. The van der Waals surface area contributed by atoms with Crippen LogP contribution in [-0.4, -0.2) is 19.4 Å². The van der Waals surface area contributed by atoms with Crippen LogP contribution in [0.5, 0.6) is 0 Å². The molecule has 0 radical (unpaired) electrons. The summed E-state index contributed by atoms with van der Waals surface area (Å²) < 4.78 is 3.41. The van der Waals surface area contributed by atoms with E-state index in [0.29, 0.717) is 11.1 Å². The zero-order valence-corrected chi connectivity index (χ0v) is 32.5. The normalized spacial score (nSPS) is 10.8. The van der Waals surface area contributed by atoms with E-state index in [2.05, 4.69) is 56.4 Å². The molecule has 0 saturated carbocycles. The summed E-state index contributed by atoms with van der Waals surface area (Å²) in [5.74, 6) is 0. The van der Waals surface area contributed by atoms with Gasteiger partial charge in [0, 0.05) is 44.7 Å². The average molecular weight is 857 g/mol. The molecule has 8 aromatic carbocycles. The molecule has 8 nitrogen and oxygen atoms in total. The molecule has 0 atom stereocenters. The molecule has 276 valence electrons. The van der Waals surface area contributed by atoms with Gasteiger partial charge in [-0.1, -0.05) is 97.1 Å². The third-order valence-electron chi connectivity index (χ3n) is 9.80. The fraction of sp³-hybridized carbons (Fsp3) is 0. The quantitative estimate of drug-likeness (QED) is 0.106. The van der Waals surface area contributed by atoms with Crippen molar-refractivity contribution in [1.29, 1.82) is 0 Å². The van der Waals surface area contributed by atoms with Gasteiger partial charge < -0.3 is 9.55 Å². The van der Waals surface area contributed by atoms with E-state index < -0.39 is 0 Å². The lowest BCUT2D eigenvalue weighted by Crippen LogP contribution is -1.94. The minimum Gasteiger partial charge on any atom is -0.361 e. The van der Waals surface area contributed by atoms with Gasteiger partial charge in [-0.25, -0.2) is 0 Å². The highest BCUT2D eigenvalue weighted by molar-refractivity contribution is 14.1. The molecule has 9 heteroatoms. The molecule has 0 bridgehead atoms. The first-order valence-corrected chi connectivity index (χ1v) is 19.2. The number of nitro groups is 2. The van der Waals surface area contributed by atoms with E-state index in [-0.39, 0.29) is 21.2 Å². The van der Waals surface area contributed by atoms with Gasteiger partial charge >= 0.3 is 0 Å². The molecular weight excluding hydrogens is 823 g/mol. The zero-order chi connectivity index (χ0) is 39.3. The number of hydrogen-bond acceptors (Lipinski definition) is 4. The van der Waals surface area contributed by atoms with Crippen molar-refractivity contribution < 1.29 is 9.85 Å². The van der Waals surface area contributed by atoms with Crippen LogP contribution in [0.4, 0.5) is 11.4 Å². The molecule has 0 aliphatic carbocycles. The number of nitrogens with zero attached hydrogens (tertiary/aromatic N) is 3. The van der Waals surface area contributed by atoms with Crippen molar-refractivity contribution in [3.63, 3.8) is 0 Å². The number of benzene rings is 8. The summed E-state index contributed by atoms with van der Waals surface area (Å²) in [6.45, 7) is 0. The van der Waals surface area contributed by atoms with Gasteiger partial charge in [-0.3, -0.25) is 20.2 Å². The molecule has 0 saturated heterocycles. The second kappa shape index (κ2) is 16.3. The maximum absolute atomic E-state index is 11.7. The van der Waals surface area contributed by atoms with E-state index in [0.717, 1.165) is 60.2 Å². The first kappa shape index (κ1) is 36.8. The molecule has 1 N–H and O–H groups in total. The van der Waals surface area contributed by atoms with Gasteiger partial charge in [0.15, 0.2) is 0 Å². The minimum atomic E-state index is -0.316. The highest BCUT2D eigenvalue weighted by Crippen LogP contribution is 2.39. The van der Waals surface area contributed by atoms with E-state index in [1.54, 1.807) is 24.3 Å². The summed E-state index contributed by atoms with van der Waals surface area (Å²) in [6, 6.07) is 58.6. The number of fused-ring (bicyclic) bond motifs is 4. The van der Waals surface area contributed by atoms with Gasteiger partial charge in [-0.15, -0.1) is 0 Å². The SMILES string of the molecule is Ic1ccccc1.O=[N+]([O-])c1ccc2ccccc2c1-c1ccc2[nH]ccc2c1.O=[N+]([O-])c1ccc2ccccc2c1-c1ccc2c(ccn2-c2ccccc2)c1. The van der Waals surface area contributed by atoms with E-state index in [1.807, 2.05) is 146 Å². The Kier molecular flexibility index (Phi) is 10.5. The van der Waals surface area contributed by atoms with Crippen molar-refractivity contribution in [3.05, 3.63) is 218 Å². The van der Waals surface area contributed by atoms with E-state index >= 15 is 0 Å². The number of aromatic amines is 1. The molecule has 10 aromatic rings. The monoisotopic (exact) mass is 856 g/mol. The first-order valence-electron chi connectivity index (χ1n) is 18.1. The number of nitro benzene ring substituents is 2. The van der Waals surface area contributed by atoms with Gasteiger partial charge in [-0.05, 0) is 133 Å². The Morgan fingerprint density at radius 1 is 0.491 bits per heavy atom. The van der Waals surface area contributed by atoms with Crippen LogP contribution >= 0.6 is 22.6 Å². The van der Waals surface area contributed by atoms with E-state index in [4.69, 9.17) is 0 Å². The molecule has 0 spiro atoms. The van der Waals surface area contributed by atoms with Crippen LogP contribution in [-0.2, 0) is 0 Å². The second-order valence-electron chi connectivity index (χ2n) is 13.2. The fourth-order valence-corrected chi connectivity index (χ4v) is 7.58. The summed E-state index contributed by atoms with van der Waals surface area (Å²) in [7, 11) is 0. The van der Waals surface area contributed by atoms with Crippen molar-refractivity contribution in [2.75, 3.05) is 0 Å². The van der Waals surface area contributed by atoms with Gasteiger partial charge in [0.05, 0.1) is 26.5 Å². The summed E-state index contributed by atoms with van der Waals surface area (Å²) in [5.41, 5.74) is 6.47. The predicted octanol–water partition coefficient (Wildman–Crippen LogP) is 13.5. The minimum absolute atomic E-state index is 0.126. The molecule has 0 aliphatic rings. The first-order chi connectivity index (χ1) is 27.9. The Labute approximate surface area is 341 Å². The Hall–Kier alpha value is -7.11. The molecule has 0 fully saturated rings. The third-order valence-corrected chi connectivity index (χ3v) is 10.5. The average Bonchev–Trinajstić information content (AvgIpc) is 3.91. The van der Waals surface area contributed by atoms with Crippen molar-refractivity contribution in [3.8, 4) is 27.9 Å². The predicted molar refractivity (Wildman–Crippen MR) is 240 cm³/mol. The fourth-order valence-electron chi connectivity index (χ4n) is 7.17. The van der Waals surface area contributed by atoms with E-state index in [1.165, 1.54) is 3.57 Å². The lowest BCUT2D eigenvalue weighted by atomic mass is 9.95. The molecule has 0 unspecified atom stereocenters. The molecule has 0 amide bonds. The van der Waals surface area contributed by atoms with Crippen LogP contribution in [0.15, 0.2) is 194 Å². The van der Waals surface area contributed by atoms with Crippen molar-refractivity contribution >= 4 is 77.3 Å². The number of aromatic nitrogens is 2. The maximum Gasteiger partial charge on any atom is 0.277 e. The van der Waals surface area contributed by atoms with Gasteiger partial charge in [0.1, 0.15) is 0 Å². The number of halogens is 1. The summed E-state index contributed by atoms with van der Waals surface area (Å²) in [5, 5.41) is 29.0. The number of para-hydroxylation sites is 1. The van der Waals surface area contributed by atoms with Gasteiger partial charge in [0.2, 0.25) is 0 Å². The van der Waals surface area contributed by atoms with Crippen molar-refractivity contribution in [2.45, 2.75) is 0 Å². The van der Waals surface area contributed by atoms with Crippen LogP contribution in [0.2, 0.25) is 0 Å². The summed E-state index contributed by atoms with van der Waals surface area (Å²) >= 11 is 2.28. The number of H-pyrrole nitrogens is 1. The Balaban J connectivity index is 0.000000139. The molecule has 0 aliphatic heterocycles. The lowest BCUT2D eigenvalue weighted by Gasteiger charge is -2.10. The smallest absolute Gasteiger partial charge is 0.277 e. The Morgan fingerprint density at radius 2 is 1.02 bits per heavy atom. The highest BCUT2D eigenvalue weighted by Gasteiger charge is 2.20. The van der Waals surface area contributed by atoms with Crippen LogP contribution < -0.4 is 0 Å². The summed E-state index contributed by atoms with van der Waals surface area (Å²) in [4.78, 5) is 25.7. The second-order valence-corrected chi connectivity index (χ2v) is 14.5. The Morgan fingerprint density at radius 3 is 1.58 bits per heavy atom. The maximum atomic E-state index is 11.7. The molecule has 2 heterocycles. The van der Waals surface area contributed by atoms with Crippen molar-refractivity contribution in [2.24, 2.45) is 0 Å². The number of hydrogen-bond donors (Lipinski definition) is 1.